The molecule has 2 nitrogen and oxygen atoms in total. The van der Waals surface area contributed by atoms with Crippen molar-refractivity contribution in [3.05, 3.63) is 0 Å². The van der Waals surface area contributed by atoms with Crippen LogP contribution >= 0.6 is 0 Å². The van der Waals surface area contributed by atoms with Crippen LogP contribution in [-0.2, 0) is 9.47 Å². The molecule has 0 bridgehead atoms. The predicted molar refractivity (Wildman–Crippen MR) is 97.1 cm³/mol. The first-order valence-corrected chi connectivity index (χ1v) is 9.59. The van der Waals surface area contributed by atoms with E-state index >= 15 is 0 Å². The number of hydrogen-bond donors (Lipinski definition) is 0. The third-order valence-corrected chi connectivity index (χ3v) is 4.29. The van der Waals surface area contributed by atoms with Crippen LogP contribution in [0.5, 0.6) is 0 Å². The van der Waals surface area contributed by atoms with Crippen molar-refractivity contribution in [2.75, 3.05) is 13.2 Å². The maximum Gasteiger partial charge on any atom is 0.168 e. The zero-order valence-corrected chi connectivity index (χ0v) is 16.4. The fourth-order valence-corrected chi connectivity index (χ4v) is 2.48. The van der Waals surface area contributed by atoms with Crippen molar-refractivity contribution >= 4 is 0 Å². The minimum atomic E-state index is -0.433. The minimum absolute atomic E-state index is 0.433. The van der Waals surface area contributed by atoms with Crippen LogP contribution in [0.2, 0.25) is 0 Å². The molecule has 0 saturated carbocycles. The van der Waals surface area contributed by atoms with E-state index in [9.17, 15) is 0 Å². The summed E-state index contributed by atoms with van der Waals surface area (Å²) >= 11 is 0. The molecule has 0 heterocycles. The number of hydrogen-bond acceptors (Lipinski definition) is 2. The molecule has 0 saturated heterocycles. The highest BCUT2D eigenvalue weighted by Crippen LogP contribution is 2.29. The Morgan fingerprint density at radius 2 is 1.18 bits per heavy atom. The molecule has 0 aliphatic carbocycles. The Morgan fingerprint density at radius 3 is 1.64 bits per heavy atom. The standard InChI is InChI=1S/C20H42O2/c1-8-9-10-11-12-13-14-19(6)20(7,21-15-17(2)3)22-16-18(4)5/h17-19H,8-16H2,1-7H3. The Balaban J connectivity index is 4.25. The van der Waals surface area contributed by atoms with E-state index in [0.717, 1.165) is 13.2 Å². The lowest BCUT2D eigenvalue weighted by molar-refractivity contribution is -0.261. The van der Waals surface area contributed by atoms with E-state index in [0.29, 0.717) is 17.8 Å². The van der Waals surface area contributed by atoms with Crippen LogP contribution < -0.4 is 0 Å². The zero-order valence-electron chi connectivity index (χ0n) is 16.4. The molecule has 1 atom stereocenters. The topological polar surface area (TPSA) is 18.5 Å². The van der Waals surface area contributed by atoms with Crippen LogP contribution in [0.25, 0.3) is 0 Å². The quantitative estimate of drug-likeness (QED) is 0.271. The van der Waals surface area contributed by atoms with Crippen molar-refractivity contribution in [2.24, 2.45) is 17.8 Å². The summed E-state index contributed by atoms with van der Waals surface area (Å²) in [6.45, 7) is 17.0. The van der Waals surface area contributed by atoms with Crippen LogP contribution in [0.4, 0.5) is 0 Å². The second-order valence-electron chi connectivity index (χ2n) is 7.88. The smallest absolute Gasteiger partial charge is 0.168 e. The molecule has 0 N–H and O–H groups in total. The fraction of sp³-hybridized carbons (Fsp3) is 1.00. The summed E-state index contributed by atoms with van der Waals surface area (Å²) in [5.41, 5.74) is 0. The van der Waals surface area contributed by atoms with E-state index < -0.39 is 5.79 Å². The minimum Gasteiger partial charge on any atom is -0.350 e. The first-order chi connectivity index (χ1) is 10.3. The molecule has 0 spiro atoms. The van der Waals surface area contributed by atoms with Gasteiger partial charge in [-0.1, -0.05) is 80.1 Å². The van der Waals surface area contributed by atoms with E-state index in [1.54, 1.807) is 0 Å². The van der Waals surface area contributed by atoms with Gasteiger partial charge in [0.05, 0.1) is 13.2 Å². The van der Waals surface area contributed by atoms with Crippen molar-refractivity contribution in [3.63, 3.8) is 0 Å². The molecule has 2 heteroatoms. The van der Waals surface area contributed by atoms with Gasteiger partial charge in [0.15, 0.2) is 5.79 Å². The Hall–Kier alpha value is -0.0800. The average molecular weight is 315 g/mol. The van der Waals surface area contributed by atoms with Crippen LogP contribution in [0.1, 0.15) is 93.4 Å². The highest BCUT2D eigenvalue weighted by atomic mass is 16.7. The van der Waals surface area contributed by atoms with Crippen molar-refractivity contribution in [3.8, 4) is 0 Å². The fourth-order valence-electron chi connectivity index (χ4n) is 2.48. The Labute approximate surface area is 140 Å². The molecular weight excluding hydrogens is 272 g/mol. The van der Waals surface area contributed by atoms with Gasteiger partial charge in [0.25, 0.3) is 0 Å². The maximum atomic E-state index is 6.18. The summed E-state index contributed by atoms with van der Waals surface area (Å²) in [7, 11) is 0. The Kier molecular flexibility index (Phi) is 12.3. The zero-order chi connectivity index (χ0) is 17.0. The van der Waals surface area contributed by atoms with Gasteiger partial charge in [0.2, 0.25) is 0 Å². The number of rotatable bonds is 14. The van der Waals surface area contributed by atoms with Gasteiger partial charge in [-0.25, -0.2) is 0 Å². The summed E-state index contributed by atoms with van der Waals surface area (Å²) in [5.74, 6) is 1.10. The second-order valence-corrected chi connectivity index (χ2v) is 7.88. The van der Waals surface area contributed by atoms with Gasteiger partial charge in [-0.15, -0.1) is 0 Å². The summed E-state index contributed by atoms with van der Waals surface area (Å²) in [4.78, 5) is 0. The first-order valence-electron chi connectivity index (χ1n) is 9.59. The third-order valence-electron chi connectivity index (χ3n) is 4.29. The van der Waals surface area contributed by atoms with Crippen molar-refractivity contribution in [1.82, 2.24) is 0 Å². The normalized spacial score (nSPS) is 14.0. The molecule has 134 valence electrons. The van der Waals surface area contributed by atoms with E-state index in [-0.39, 0.29) is 0 Å². The predicted octanol–water partition coefficient (Wildman–Crippen LogP) is 6.43. The van der Waals surface area contributed by atoms with Crippen LogP contribution in [-0.4, -0.2) is 19.0 Å². The molecule has 0 rings (SSSR count). The molecule has 0 aromatic rings. The summed E-state index contributed by atoms with van der Waals surface area (Å²) in [5, 5.41) is 0. The van der Waals surface area contributed by atoms with Gasteiger partial charge in [-0.05, 0) is 25.2 Å². The lowest BCUT2D eigenvalue weighted by Crippen LogP contribution is -2.41. The second kappa shape index (κ2) is 12.4. The van der Waals surface area contributed by atoms with Crippen LogP contribution in [0.3, 0.4) is 0 Å². The average Bonchev–Trinajstić information content (AvgIpc) is 2.46. The van der Waals surface area contributed by atoms with Crippen molar-refractivity contribution in [1.29, 1.82) is 0 Å². The van der Waals surface area contributed by atoms with Crippen LogP contribution in [0.15, 0.2) is 0 Å². The van der Waals surface area contributed by atoms with Gasteiger partial charge >= 0.3 is 0 Å². The van der Waals surface area contributed by atoms with Gasteiger partial charge in [0.1, 0.15) is 0 Å². The molecular formula is C20H42O2. The van der Waals surface area contributed by atoms with E-state index in [4.69, 9.17) is 9.47 Å². The molecule has 0 fully saturated rings. The van der Waals surface area contributed by atoms with E-state index in [1.807, 2.05) is 0 Å². The van der Waals surface area contributed by atoms with Gasteiger partial charge in [-0.2, -0.15) is 0 Å². The molecule has 22 heavy (non-hydrogen) atoms. The molecule has 0 aliphatic rings. The third kappa shape index (κ3) is 10.6. The summed E-state index contributed by atoms with van der Waals surface area (Å²) < 4.78 is 12.4. The molecule has 0 aliphatic heterocycles. The highest BCUT2D eigenvalue weighted by Gasteiger charge is 2.33. The van der Waals surface area contributed by atoms with Crippen molar-refractivity contribution in [2.45, 2.75) is 99.2 Å². The van der Waals surface area contributed by atoms with Gasteiger partial charge < -0.3 is 9.47 Å². The molecule has 0 aromatic heterocycles. The molecule has 0 radical (unpaired) electrons. The number of ether oxygens (including phenoxy) is 2. The SMILES string of the molecule is CCCCCCCCC(C)C(C)(OCC(C)C)OCC(C)C. The van der Waals surface area contributed by atoms with E-state index in [2.05, 4.69) is 48.5 Å². The molecule has 0 aromatic carbocycles. The highest BCUT2D eigenvalue weighted by molar-refractivity contribution is 4.73. The van der Waals surface area contributed by atoms with Crippen molar-refractivity contribution < 1.29 is 9.47 Å². The first kappa shape index (κ1) is 21.9. The van der Waals surface area contributed by atoms with E-state index in [1.165, 1.54) is 44.9 Å². The largest absolute Gasteiger partial charge is 0.350 e. The van der Waals surface area contributed by atoms with Gasteiger partial charge in [-0.3, -0.25) is 0 Å². The Morgan fingerprint density at radius 1 is 0.727 bits per heavy atom. The lowest BCUT2D eigenvalue weighted by Gasteiger charge is -2.37. The monoisotopic (exact) mass is 314 g/mol. The summed E-state index contributed by atoms with van der Waals surface area (Å²) in [6.07, 6.45) is 9.28. The van der Waals surface area contributed by atoms with Crippen LogP contribution in [0, 0.1) is 17.8 Å². The molecule has 1 unspecified atom stereocenters. The number of unbranched alkanes of at least 4 members (excludes halogenated alkanes) is 5. The maximum absolute atomic E-state index is 6.18. The van der Waals surface area contributed by atoms with Gasteiger partial charge in [0, 0.05) is 5.92 Å². The Bertz CT molecular complexity index is 236. The lowest BCUT2D eigenvalue weighted by atomic mass is 9.94. The summed E-state index contributed by atoms with van der Waals surface area (Å²) in [6, 6.07) is 0. The molecule has 0 amide bonds.